The fourth-order valence-electron chi connectivity index (χ4n) is 3.09. The summed E-state index contributed by atoms with van der Waals surface area (Å²) >= 11 is 0. The van der Waals surface area contributed by atoms with E-state index in [9.17, 15) is 4.79 Å². The summed E-state index contributed by atoms with van der Waals surface area (Å²) in [4.78, 5) is 14.6. The second-order valence-corrected chi connectivity index (χ2v) is 6.29. The topological polar surface area (TPSA) is 32.3 Å². The van der Waals surface area contributed by atoms with Gasteiger partial charge in [0.05, 0.1) is 11.7 Å². The zero-order valence-corrected chi connectivity index (χ0v) is 11.6. The van der Waals surface area contributed by atoms with Crippen LogP contribution in [-0.2, 0) is 4.79 Å². The number of hydrogen-bond donors (Lipinski definition) is 1. The van der Waals surface area contributed by atoms with E-state index < -0.39 is 0 Å². The van der Waals surface area contributed by atoms with Gasteiger partial charge in [0.15, 0.2) is 0 Å². The van der Waals surface area contributed by atoms with E-state index in [1.54, 1.807) is 0 Å². The third kappa shape index (κ3) is 2.22. The van der Waals surface area contributed by atoms with Crippen molar-refractivity contribution in [1.82, 2.24) is 10.2 Å². The van der Waals surface area contributed by atoms with Crippen molar-refractivity contribution in [2.24, 2.45) is 11.8 Å². The van der Waals surface area contributed by atoms with Crippen LogP contribution in [0.5, 0.6) is 0 Å². The molecule has 1 N–H and O–H groups in total. The van der Waals surface area contributed by atoms with E-state index in [1.165, 1.54) is 12.8 Å². The summed E-state index contributed by atoms with van der Waals surface area (Å²) in [6, 6.07) is 0. The van der Waals surface area contributed by atoms with E-state index in [0.29, 0.717) is 17.7 Å². The average molecular weight is 238 g/mol. The highest BCUT2D eigenvalue weighted by atomic mass is 16.2. The third-order valence-electron chi connectivity index (χ3n) is 4.70. The van der Waals surface area contributed by atoms with Crippen LogP contribution in [-0.4, -0.2) is 29.1 Å². The molecular weight excluding hydrogens is 212 g/mol. The summed E-state index contributed by atoms with van der Waals surface area (Å²) in [6.07, 6.45) is 4.66. The molecule has 2 fully saturated rings. The fraction of sp³-hybridized carbons (Fsp3) is 0.929. The van der Waals surface area contributed by atoms with Crippen molar-refractivity contribution in [3.63, 3.8) is 0 Å². The first-order valence-electron chi connectivity index (χ1n) is 7.05. The Morgan fingerprint density at radius 3 is 2.47 bits per heavy atom. The average Bonchev–Trinajstić information content (AvgIpc) is 2.81. The van der Waals surface area contributed by atoms with Gasteiger partial charge in [0.25, 0.3) is 0 Å². The minimum atomic E-state index is -0.198. The Morgan fingerprint density at radius 2 is 1.94 bits per heavy atom. The van der Waals surface area contributed by atoms with Gasteiger partial charge in [-0.15, -0.1) is 0 Å². The molecule has 98 valence electrons. The van der Waals surface area contributed by atoms with Crippen LogP contribution >= 0.6 is 0 Å². The molecule has 0 radical (unpaired) electrons. The molecule has 2 atom stereocenters. The second kappa shape index (κ2) is 4.60. The van der Waals surface area contributed by atoms with Gasteiger partial charge in [-0.3, -0.25) is 10.1 Å². The van der Waals surface area contributed by atoms with Crippen LogP contribution in [0.4, 0.5) is 0 Å². The Labute approximate surface area is 105 Å². The van der Waals surface area contributed by atoms with Crippen molar-refractivity contribution in [2.45, 2.75) is 65.1 Å². The van der Waals surface area contributed by atoms with Crippen LogP contribution in [0.3, 0.4) is 0 Å². The zero-order valence-electron chi connectivity index (χ0n) is 11.6. The number of hydrogen-bond acceptors (Lipinski definition) is 2. The number of nitrogens with one attached hydrogen (secondary N) is 1. The van der Waals surface area contributed by atoms with Crippen molar-refractivity contribution >= 4 is 5.91 Å². The minimum Gasteiger partial charge on any atom is -0.326 e. The van der Waals surface area contributed by atoms with Crippen LogP contribution in [0.15, 0.2) is 0 Å². The lowest BCUT2D eigenvalue weighted by Crippen LogP contribution is -2.44. The predicted molar refractivity (Wildman–Crippen MR) is 69.5 cm³/mol. The summed E-state index contributed by atoms with van der Waals surface area (Å²) in [7, 11) is 0. The largest absolute Gasteiger partial charge is 0.326 e. The van der Waals surface area contributed by atoms with Crippen molar-refractivity contribution < 1.29 is 4.79 Å². The summed E-state index contributed by atoms with van der Waals surface area (Å²) < 4.78 is 0. The van der Waals surface area contributed by atoms with Crippen molar-refractivity contribution in [3.05, 3.63) is 0 Å². The number of carbonyl (C=O) groups excluding carboxylic acids is 1. The summed E-state index contributed by atoms with van der Waals surface area (Å²) in [5.74, 6) is 1.56. The quantitative estimate of drug-likeness (QED) is 0.818. The highest BCUT2D eigenvalue weighted by Crippen LogP contribution is 2.36. The molecule has 1 amide bonds. The Bertz CT molecular complexity index is 295. The SMILES string of the molecule is CC(C)C(C)CN1C(=O)C2(CCCC2)NC1C. The first-order chi connectivity index (χ1) is 7.96. The Balaban J connectivity index is 2.06. The van der Waals surface area contributed by atoms with Gasteiger partial charge in [-0.25, -0.2) is 0 Å². The van der Waals surface area contributed by atoms with E-state index in [2.05, 4.69) is 37.9 Å². The molecule has 0 aromatic rings. The summed E-state index contributed by atoms with van der Waals surface area (Å²) in [6.45, 7) is 9.72. The highest BCUT2D eigenvalue weighted by molar-refractivity contribution is 5.89. The molecule has 17 heavy (non-hydrogen) atoms. The number of rotatable bonds is 3. The lowest BCUT2D eigenvalue weighted by atomic mass is 9.95. The first kappa shape index (κ1) is 12.9. The molecule has 2 rings (SSSR count). The van der Waals surface area contributed by atoms with Gasteiger partial charge in [0.2, 0.25) is 5.91 Å². The number of amides is 1. The van der Waals surface area contributed by atoms with E-state index >= 15 is 0 Å². The van der Waals surface area contributed by atoms with E-state index in [-0.39, 0.29) is 11.7 Å². The van der Waals surface area contributed by atoms with E-state index in [1.807, 2.05) is 0 Å². The minimum absolute atomic E-state index is 0.198. The van der Waals surface area contributed by atoms with Gasteiger partial charge in [-0.05, 0) is 31.6 Å². The molecule has 1 aliphatic carbocycles. The van der Waals surface area contributed by atoms with Crippen LogP contribution < -0.4 is 5.32 Å². The molecule has 1 aliphatic heterocycles. The zero-order chi connectivity index (χ0) is 12.6. The van der Waals surface area contributed by atoms with Gasteiger partial charge in [0.1, 0.15) is 0 Å². The molecule has 1 saturated heterocycles. The Hall–Kier alpha value is -0.570. The molecule has 0 aromatic heterocycles. The van der Waals surface area contributed by atoms with E-state index in [4.69, 9.17) is 0 Å². The molecule has 0 aromatic carbocycles. The predicted octanol–water partition coefficient (Wildman–Crippen LogP) is 2.37. The summed E-state index contributed by atoms with van der Waals surface area (Å²) in [5.41, 5.74) is -0.198. The molecule has 1 heterocycles. The van der Waals surface area contributed by atoms with Gasteiger partial charge in [-0.1, -0.05) is 33.6 Å². The molecule has 1 spiro atoms. The van der Waals surface area contributed by atoms with Crippen LogP contribution in [0.2, 0.25) is 0 Å². The molecule has 3 heteroatoms. The van der Waals surface area contributed by atoms with Crippen LogP contribution in [0, 0.1) is 11.8 Å². The number of carbonyl (C=O) groups is 1. The van der Waals surface area contributed by atoms with Crippen LogP contribution in [0.1, 0.15) is 53.4 Å². The lowest BCUT2D eigenvalue weighted by Gasteiger charge is -2.27. The maximum atomic E-state index is 12.6. The Kier molecular flexibility index (Phi) is 3.48. The van der Waals surface area contributed by atoms with Gasteiger partial charge >= 0.3 is 0 Å². The molecule has 2 aliphatic rings. The normalized spacial score (nSPS) is 29.6. The van der Waals surface area contributed by atoms with Crippen molar-refractivity contribution in [3.8, 4) is 0 Å². The Morgan fingerprint density at radius 1 is 1.35 bits per heavy atom. The fourth-order valence-corrected chi connectivity index (χ4v) is 3.09. The molecule has 3 nitrogen and oxygen atoms in total. The molecular formula is C14H26N2O. The monoisotopic (exact) mass is 238 g/mol. The molecule has 2 unspecified atom stereocenters. The van der Waals surface area contributed by atoms with Gasteiger partial charge in [-0.2, -0.15) is 0 Å². The van der Waals surface area contributed by atoms with Gasteiger partial charge < -0.3 is 4.90 Å². The van der Waals surface area contributed by atoms with Crippen LogP contribution in [0.25, 0.3) is 0 Å². The standard InChI is InChI=1S/C14H26N2O/c1-10(2)11(3)9-16-12(4)15-14(13(16)17)7-5-6-8-14/h10-12,15H,5-9H2,1-4H3. The number of nitrogens with zero attached hydrogens (tertiary/aromatic N) is 1. The van der Waals surface area contributed by atoms with Crippen molar-refractivity contribution in [1.29, 1.82) is 0 Å². The third-order valence-corrected chi connectivity index (χ3v) is 4.70. The first-order valence-corrected chi connectivity index (χ1v) is 7.05. The van der Waals surface area contributed by atoms with Crippen molar-refractivity contribution in [2.75, 3.05) is 6.54 Å². The maximum Gasteiger partial charge on any atom is 0.244 e. The lowest BCUT2D eigenvalue weighted by molar-refractivity contribution is -0.133. The maximum absolute atomic E-state index is 12.6. The summed E-state index contributed by atoms with van der Waals surface area (Å²) in [5, 5.41) is 3.55. The molecule has 0 bridgehead atoms. The second-order valence-electron chi connectivity index (χ2n) is 6.29. The molecule has 1 saturated carbocycles. The highest BCUT2D eigenvalue weighted by Gasteiger charge is 2.50. The smallest absolute Gasteiger partial charge is 0.244 e. The van der Waals surface area contributed by atoms with E-state index in [0.717, 1.165) is 19.4 Å². The van der Waals surface area contributed by atoms with Gasteiger partial charge in [0, 0.05) is 6.54 Å².